The molecule has 1 aliphatic rings. The predicted octanol–water partition coefficient (Wildman–Crippen LogP) is 6.88. The molecule has 1 N–H and O–H groups in total. The lowest BCUT2D eigenvalue weighted by molar-refractivity contribution is -0.131. The van der Waals surface area contributed by atoms with Gasteiger partial charge in [-0.3, -0.25) is 4.79 Å². The summed E-state index contributed by atoms with van der Waals surface area (Å²) in [5, 5.41) is 9.00. The fraction of sp³-hybridized carbons (Fsp3) is 0.290. The number of carbonyl (C=O) groups excluding carboxylic acids is 1. The minimum atomic E-state index is -0.998. The molecule has 0 saturated heterocycles. The van der Waals surface area contributed by atoms with Gasteiger partial charge in [-0.15, -0.1) is 0 Å². The Morgan fingerprint density at radius 2 is 1.69 bits per heavy atom. The molecule has 1 saturated carbocycles. The zero-order valence-corrected chi connectivity index (χ0v) is 20.9. The molecule has 0 aliphatic heterocycles. The second-order valence-corrected chi connectivity index (χ2v) is 9.41. The van der Waals surface area contributed by atoms with Crippen molar-refractivity contribution in [1.82, 2.24) is 0 Å². The largest absolute Gasteiger partial charge is 0.496 e. The lowest BCUT2D eigenvalue weighted by atomic mass is 9.88. The van der Waals surface area contributed by atoms with Crippen LogP contribution in [0.2, 0.25) is 0 Å². The summed E-state index contributed by atoms with van der Waals surface area (Å²) in [5.74, 6) is 0.0252. The highest BCUT2D eigenvalue weighted by molar-refractivity contribution is 5.95. The molecule has 0 aromatic heterocycles. The van der Waals surface area contributed by atoms with Crippen LogP contribution in [0.4, 0.5) is 5.69 Å². The van der Waals surface area contributed by atoms with Gasteiger partial charge < -0.3 is 14.7 Å². The Balaban J connectivity index is 1.61. The van der Waals surface area contributed by atoms with Crippen molar-refractivity contribution >= 4 is 23.6 Å². The molecule has 1 amide bonds. The number of rotatable bonds is 8. The van der Waals surface area contributed by atoms with Gasteiger partial charge in [0.1, 0.15) is 5.75 Å². The number of carbonyl (C=O) groups is 2. The Hall–Kier alpha value is -3.86. The first-order chi connectivity index (χ1) is 17.4. The van der Waals surface area contributed by atoms with Gasteiger partial charge in [0.15, 0.2) is 0 Å². The Morgan fingerprint density at radius 1 is 0.972 bits per heavy atom. The maximum absolute atomic E-state index is 13.7. The molecule has 4 rings (SSSR count). The second-order valence-electron chi connectivity index (χ2n) is 9.41. The zero-order chi connectivity index (χ0) is 25.5. The van der Waals surface area contributed by atoms with Crippen LogP contribution in [-0.4, -0.2) is 24.1 Å². The van der Waals surface area contributed by atoms with Crippen molar-refractivity contribution in [2.24, 2.45) is 5.92 Å². The van der Waals surface area contributed by atoms with Crippen LogP contribution in [0.25, 0.3) is 17.2 Å². The molecule has 3 aromatic rings. The third-order valence-electron chi connectivity index (χ3n) is 6.86. The third-order valence-corrected chi connectivity index (χ3v) is 6.86. The number of carboxylic acids is 1. The van der Waals surface area contributed by atoms with E-state index in [4.69, 9.17) is 9.84 Å². The summed E-state index contributed by atoms with van der Waals surface area (Å²) in [7, 11) is 1.68. The van der Waals surface area contributed by atoms with Crippen molar-refractivity contribution in [2.75, 3.05) is 12.0 Å². The van der Waals surface area contributed by atoms with Gasteiger partial charge in [0, 0.05) is 17.7 Å². The number of hydrogen-bond donors (Lipinski definition) is 1. The summed E-state index contributed by atoms with van der Waals surface area (Å²) in [6.45, 7) is 2.48. The number of benzene rings is 3. The first-order valence-electron chi connectivity index (χ1n) is 12.5. The molecular weight excluding hydrogens is 450 g/mol. The van der Waals surface area contributed by atoms with Gasteiger partial charge in [-0.05, 0) is 71.9 Å². The van der Waals surface area contributed by atoms with Crippen molar-refractivity contribution in [3.63, 3.8) is 0 Å². The Kier molecular flexibility index (Phi) is 8.21. The number of methoxy groups -OCH3 is 1. The second kappa shape index (κ2) is 11.7. The van der Waals surface area contributed by atoms with Gasteiger partial charge in [0.05, 0.1) is 13.7 Å². The van der Waals surface area contributed by atoms with E-state index >= 15 is 0 Å². The van der Waals surface area contributed by atoms with Crippen molar-refractivity contribution in [2.45, 2.75) is 45.6 Å². The van der Waals surface area contributed by atoms with Crippen LogP contribution < -0.4 is 9.64 Å². The lowest BCUT2D eigenvalue weighted by Gasteiger charge is -2.30. The van der Waals surface area contributed by atoms with Crippen LogP contribution >= 0.6 is 0 Å². The number of hydrogen-bond acceptors (Lipinski definition) is 3. The molecule has 0 unspecified atom stereocenters. The van der Waals surface area contributed by atoms with Crippen LogP contribution in [0.1, 0.15) is 48.8 Å². The molecule has 0 atom stereocenters. The van der Waals surface area contributed by atoms with Gasteiger partial charge in [-0.1, -0.05) is 67.8 Å². The van der Waals surface area contributed by atoms with E-state index in [-0.39, 0.29) is 11.8 Å². The maximum atomic E-state index is 13.7. The van der Waals surface area contributed by atoms with E-state index < -0.39 is 5.97 Å². The number of ether oxygens (including phenoxy) is 1. The minimum absolute atomic E-state index is 0.0243. The van der Waals surface area contributed by atoms with Gasteiger partial charge in [-0.2, -0.15) is 0 Å². The molecule has 0 heterocycles. The predicted molar refractivity (Wildman–Crippen MR) is 144 cm³/mol. The lowest BCUT2D eigenvalue weighted by Crippen LogP contribution is -2.36. The highest BCUT2D eigenvalue weighted by Crippen LogP contribution is 2.31. The Labute approximate surface area is 213 Å². The van der Waals surface area contributed by atoms with E-state index in [2.05, 4.69) is 36.4 Å². The summed E-state index contributed by atoms with van der Waals surface area (Å²) in [6.07, 6.45) is 7.86. The van der Waals surface area contributed by atoms with Gasteiger partial charge in [0.25, 0.3) is 0 Å². The number of aliphatic carboxylic acids is 1. The van der Waals surface area contributed by atoms with Crippen molar-refractivity contribution in [3.05, 3.63) is 89.5 Å². The van der Waals surface area contributed by atoms with Crippen LogP contribution in [0.3, 0.4) is 0 Å². The molecule has 1 aliphatic carbocycles. The summed E-state index contributed by atoms with van der Waals surface area (Å²) in [5.41, 5.74) is 5.83. The number of nitrogens with zero attached hydrogens (tertiary/aromatic N) is 1. The number of anilines is 1. The Morgan fingerprint density at radius 3 is 2.39 bits per heavy atom. The smallest absolute Gasteiger partial charge is 0.328 e. The number of carboxylic acid groups (broad SMARTS) is 1. The molecular formula is C31H33NO4. The standard InChI is InChI=1S/C31H33NO4/c1-22-11-15-27(20-29(22)36-2)25-16-12-24(13-17-25)21-32(31(35)26-8-4-3-5-9-26)28-10-6-7-23(19-28)14-18-30(33)34/h6-7,10-20,26H,3-5,8-9,21H2,1-2H3,(H,33,34). The van der Waals surface area contributed by atoms with E-state index in [1.54, 1.807) is 13.2 Å². The van der Waals surface area contributed by atoms with Gasteiger partial charge >= 0.3 is 5.97 Å². The molecule has 186 valence electrons. The third kappa shape index (κ3) is 6.22. The number of aryl methyl sites for hydroxylation is 1. The fourth-order valence-corrected chi connectivity index (χ4v) is 4.81. The first kappa shape index (κ1) is 25.2. The topological polar surface area (TPSA) is 66.8 Å². The summed E-state index contributed by atoms with van der Waals surface area (Å²) < 4.78 is 5.47. The number of amides is 1. The van der Waals surface area contributed by atoms with Crippen molar-refractivity contribution in [3.8, 4) is 16.9 Å². The molecule has 5 heteroatoms. The fourth-order valence-electron chi connectivity index (χ4n) is 4.81. The quantitative estimate of drug-likeness (QED) is 0.355. The van der Waals surface area contributed by atoms with Crippen LogP contribution in [0, 0.1) is 12.8 Å². The molecule has 3 aromatic carbocycles. The van der Waals surface area contributed by atoms with Crippen LogP contribution in [-0.2, 0) is 16.1 Å². The van der Waals surface area contributed by atoms with Gasteiger partial charge in [-0.25, -0.2) is 4.79 Å². The highest BCUT2D eigenvalue weighted by atomic mass is 16.5. The summed E-state index contributed by atoms with van der Waals surface area (Å²) in [4.78, 5) is 26.5. The van der Waals surface area contributed by atoms with Crippen molar-refractivity contribution < 1.29 is 19.4 Å². The average Bonchev–Trinajstić information content (AvgIpc) is 2.91. The monoisotopic (exact) mass is 483 g/mol. The van der Waals surface area contributed by atoms with E-state index in [0.29, 0.717) is 6.54 Å². The molecule has 0 bridgehead atoms. The van der Waals surface area contributed by atoms with E-state index in [1.165, 1.54) is 6.42 Å². The minimum Gasteiger partial charge on any atom is -0.496 e. The molecule has 0 spiro atoms. The summed E-state index contributed by atoms with van der Waals surface area (Å²) >= 11 is 0. The molecule has 5 nitrogen and oxygen atoms in total. The zero-order valence-electron chi connectivity index (χ0n) is 20.9. The van der Waals surface area contributed by atoms with Gasteiger partial charge in [0.2, 0.25) is 5.91 Å². The normalized spacial score (nSPS) is 14.1. The van der Waals surface area contributed by atoms with E-state index in [0.717, 1.165) is 71.0 Å². The maximum Gasteiger partial charge on any atom is 0.328 e. The molecule has 0 radical (unpaired) electrons. The highest BCUT2D eigenvalue weighted by Gasteiger charge is 2.27. The van der Waals surface area contributed by atoms with Crippen LogP contribution in [0.15, 0.2) is 72.8 Å². The van der Waals surface area contributed by atoms with Crippen LogP contribution in [0.5, 0.6) is 5.75 Å². The average molecular weight is 484 g/mol. The van der Waals surface area contributed by atoms with E-state index in [9.17, 15) is 9.59 Å². The molecule has 1 fully saturated rings. The molecule has 36 heavy (non-hydrogen) atoms. The van der Waals surface area contributed by atoms with Crippen molar-refractivity contribution in [1.29, 1.82) is 0 Å². The first-order valence-corrected chi connectivity index (χ1v) is 12.5. The SMILES string of the molecule is COc1cc(-c2ccc(CN(C(=O)C3CCCCC3)c3cccc(C=CC(=O)O)c3)cc2)ccc1C. The Bertz CT molecular complexity index is 1240. The summed E-state index contributed by atoms with van der Waals surface area (Å²) in [6, 6.07) is 22.0. The van der Waals surface area contributed by atoms with E-state index in [1.807, 2.05) is 42.2 Å².